The van der Waals surface area contributed by atoms with Crippen LogP contribution < -0.4 is 5.32 Å². The lowest BCUT2D eigenvalue weighted by Gasteiger charge is -2.06. The maximum Gasteiger partial charge on any atom is 0.356 e. The highest BCUT2D eigenvalue weighted by Gasteiger charge is 2.20. The number of ketones is 1. The second-order valence-corrected chi connectivity index (χ2v) is 5.14. The summed E-state index contributed by atoms with van der Waals surface area (Å²) in [6.45, 7) is 3.05. The molecule has 0 saturated carbocycles. The van der Waals surface area contributed by atoms with Crippen LogP contribution in [-0.2, 0) is 0 Å². The molecule has 20 heavy (non-hydrogen) atoms. The third kappa shape index (κ3) is 2.83. The molecule has 1 aromatic heterocycles. The maximum absolute atomic E-state index is 13.2. The molecular formula is C13H11FN2O3S. The Morgan fingerprint density at radius 3 is 2.65 bits per heavy atom. The van der Waals surface area contributed by atoms with Gasteiger partial charge in [0.2, 0.25) is 0 Å². The van der Waals surface area contributed by atoms with Crippen LogP contribution in [0.15, 0.2) is 18.2 Å². The van der Waals surface area contributed by atoms with Crippen LogP contribution in [0.5, 0.6) is 0 Å². The molecule has 7 heteroatoms. The molecule has 2 rings (SSSR count). The first-order valence-electron chi connectivity index (χ1n) is 5.66. The topological polar surface area (TPSA) is 79.3 Å². The fraction of sp³-hybridized carbons (Fsp3) is 0.154. The average Bonchev–Trinajstić information content (AvgIpc) is 2.78. The number of hydrogen-bond acceptors (Lipinski definition) is 5. The lowest BCUT2D eigenvalue weighted by atomic mass is 10.2. The van der Waals surface area contributed by atoms with Gasteiger partial charge in [0, 0.05) is 12.6 Å². The summed E-state index contributed by atoms with van der Waals surface area (Å²) in [6, 6.07) is 4.20. The molecule has 0 radical (unpaired) electrons. The summed E-state index contributed by atoms with van der Waals surface area (Å²) in [4.78, 5) is 26.3. The fourth-order valence-corrected chi connectivity index (χ4v) is 2.47. The minimum atomic E-state index is -1.27. The molecular weight excluding hydrogens is 283 g/mol. The first-order valence-corrected chi connectivity index (χ1v) is 6.48. The number of hydrogen-bond donors (Lipinski definition) is 2. The zero-order chi connectivity index (χ0) is 14.9. The van der Waals surface area contributed by atoms with E-state index in [1.54, 1.807) is 13.0 Å². The van der Waals surface area contributed by atoms with Crippen LogP contribution >= 0.6 is 11.3 Å². The predicted octanol–water partition coefficient (Wildman–Crippen LogP) is 3.24. The molecule has 0 spiro atoms. The van der Waals surface area contributed by atoms with Gasteiger partial charge in [-0.3, -0.25) is 4.79 Å². The van der Waals surface area contributed by atoms with Crippen LogP contribution in [0.1, 0.15) is 32.6 Å². The van der Waals surface area contributed by atoms with Gasteiger partial charge in [-0.05, 0) is 24.6 Å². The van der Waals surface area contributed by atoms with E-state index in [-0.39, 0.29) is 21.5 Å². The SMILES string of the molecule is CC(=O)c1sc(Nc2cc(F)ccc2C)nc1C(=O)O. The Balaban J connectivity index is 2.39. The highest BCUT2D eigenvalue weighted by Crippen LogP contribution is 2.28. The van der Waals surface area contributed by atoms with Gasteiger partial charge >= 0.3 is 5.97 Å². The number of benzene rings is 1. The van der Waals surface area contributed by atoms with Gasteiger partial charge in [-0.2, -0.15) is 0 Å². The zero-order valence-corrected chi connectivity index (χ0v) is 11.5. The largest absolute Gasteiger partial charge is 0.476 e. The summed E-state index contributed by atoms with van der Waals surface area (Å²) < 4.78 is 13.2. The summed E-state index contributed by atoms with van der Waals surface area (Å²) in [7, 11) is 0. The number of carbonyl (C=O) groups excluding carboxylic acids is 1. The summed E-state index contributed by atoms with van der Waals surface area (Å²) in [5.74, 6) is -2.06. The molecule has 0 bridgehead atoms. The van der Waals surface area contributed by atoms with E-state index in [1.165, 1.54) is 19.1 Å². The number of carboxylic acids is 1. The second-order valence-electron chi connectivity index (χ2n) is 4.14. The van der Waals surface area contributed by atoms with Crippen molar-refractivity contribution in [3.05, 3.63) is 40.2 Å². The van der Waals surface area contributed by atoms with Crippen molar-refractivity contribution in [1.82, 2.24) is 4.98 Å². The summed E-state index contributed by atoms with van der Waals surface area (Å²) in [5.41, 5.74) is 0.965. The van der Waals surface area contributed by atoms with Crippen molar-refractivity contribution in [3.8, 4) is 0 Å². The van der Waals surface area contributed by atoms with Gasteiger partial charge < -0.3 is 10.4 Å². The lowest BCUT2D eigenvalue weighted by molar-refractivity contribution is 0.0687. The molecule has 2 aromatic rings. The Morgan fingerprint density at radius 2 is 2.10 bits per heavy atom. The standard InChI is InChI=1S/C13H11FN2O3S/c1-6-3-4-8(14)5-9(6)15-13-16-10(12(18)19)11(20-13)7(2)17/h3-5H,1-2H3,(H,15,16)(H,18,19). The van der Waals surface area contributed by atoms with Gasteiger partial charge in [-0.1, -0.05) is 17.4 Å². The molecule has 0 atom stereocenters. The quantitative estimate of drug-likeness (QED) is 0.846. The molecule has 1 heterocycles. The Labute approximate surface area is 118 Å². The number of thiazole rings is 1. The van der Waals surface area contributed by atoms with E-state index < -0.39 is 11.8 Å². The number of aryl methyl sites for hydroxylation is 1. The second kappa shape index (κ2) is 5.38. The smallest absolute Gasteiger partial charge is 0.356 e. The fourth-order valence-electron chi connectivity index (χ4n) is 1.60. The van der Waals surface area contributed by atoms with Crippen LogP contribution in [0.25, 0.3) is 0 Å². The van der Waals surface area contributed by atoms with Gasteiger partial charge in [0.05, 0.1) is 0 Å². The van der Waals surface area contributed by atoms with E-state index in [0.717, 1.165) is 16.9 Å². The third-order valence-electron chi connectivity index (χ3n) is 2.59. The van der Waals surface area contributed by atoms with E-state index in [2.05, 4.69) is 10.3 Å². The monoisotopic (exact) mass is 294 g/mol. The van der Waals surface area contributed by atoms with Crippen molar-refractivity contribution in [2.75, 3.05) is 5.32 Å². The normalized spacial score (nSPS) is 10.3. The molecule has 2 N–H and O–H groups in total. The van der Waals surface area contributed by atoms with Crippen LogP contribution in [0.3, 0.4) is 0 Å². The predicted molar refractivity (Wildman–Crippen MR) is 73.5 cm³/mol. The number of carboxylic acid groups (broad SMARTS) is 1. The first kappa shape index (κ1) is 14.1. The van der Waals surface area contributed by atoms with Crippen molar-refractivity contribution in [2.24, 2.45) is 0 Å². The van der Waals surface area contributed by atoms with Gasteiger partial charge in [-0.25, -0.2) is 14.2 Å². The van der Waals surface area contributed by atoms with E-state index in [9.17, 15) is 14.0 Å². The molecule has 0 saturated heterocycles. The zero-order valence-electron chi connectivity index (χ0n) is 10.7. The highest BCUT2D eigenvalue weighted by atomic mass is 32.1. The number of nitrogens with one attached hydrogen (secondary N) is 1. The number of nitrogens with zero attached hydrogens (tertiary/aromatic N) is 1. The molecule has 5 nitrogen and oxygen atoms in total. The summed E-state index contributed by atoms with van der Waals surface area (Å²) in [6.07, 6.45) is 0. The Bertz CT molecular complexity index is 665. The number of Topliss-reactive ketones (excluding diaryl/α,β-unsaturated/α-hetero) is 1. The number of aromatic nitrogens is 1. The Morgan fingerprint density at radius 1 is 1.40 bits per heavy atom. The van der Waals surface area contributed by atoms with Crippen molar-refractivity contribution < 1.29 is 19.1 Å². The third-order valence-corrected chi connectivity index (χ3v) is 3.66. The van der Waals surface area contributed by atoms with E-state index in [0.29, 0.717) is 5.69 Å². The average molecular weight is 294 g/mol. The number of halogens is 1. The van der Waals surface area contributed by atoms with Crippen LogP contribution in [0.2, 0.25) is 0 Å². The van der Waals surface area contributed by atoms with Gasteiger partial charge in [0.25, 0.3) is 0 Å². The molecule has 1 aromatic carbocycles. The van der Waals surface area contributed by atoms with Gasteiger partial charge in [-0.15, -0.1) is 0 Å². The van der Waals surface area contributed by atoms with E-state index in [4.69, 9.17) is 5.11 Å². The van der Waals surface area contributed by atoms with Crippen LogP contribution in [0, 0.1) is 12.7 Å². The first-order chi connectivity index (χ1) is 9.38. The molecule has 0 aliphatic heterocycles. The molecule has 0 fully saturated rings. The molecule has 0 aliphatic rings. The number of anilines is 2. The van der Waals surface area contributed by atoms with Crippen molar-refractivity contribution in [2.45, 2.75) is 13.8 Å². The minimum absolute atomic E-state index is 0.0639. The van der Waals surface area contributed by atoms with Crippen LogP contribution in [0.4, 0.5) is 15.2 Å². The van der Waals surface area contributed by atoms with Crippen molar-refractivity contribution in [3.63, 3.8) is 0 Å². The number of carbonyl (C=O) groups is 2. The van der Waals surface area contributed by atoms with Crippen molar-refractivity contribution in [1.29, 1.82) is 0 Å². The Hall–Kier alpha value is -2.28. The minimum Gasteiger partial charge on any atom is -0.476 e. The van der Waals surface area contributed by atoms with Gasteiger partial charge in [0.15, 0.2) is 16.6 Å². The maximum atomic E-state index is 13.2. The van der Waals surface area contributed by atoms with E-state index in [1.807, 2.05) is 0 Å². The lowest BCUT2D eigenvalue weighted by Crippen LogP contribution is -2.03. The summed E-state index contributed by atoms with van der Waals surface area (Å²) >= 11 is 0.930. The van der Waals surface area contributed by atoms with Crippen molar-refractivity contribution >= 4 is 33.9 Å². The van der Waals surface area contributed by atoms with E-state index >= 15 is 0 Å². The number of aromatic carboxylic acids is 1. The molecule has 0 unspecified atom stereocenters. The number of rotatable bonds is 4. The molecule has 0 aliphatic carbocycles. The van der Waals surface area contributed by atoms with Crippen LogP contribution in [-0.4, -0.2) is 21.8 Å². The Kier molecular flexibility index (Phi) is 3.80. The highest BCUT2D eigenvalue weighted by molar-refractivity contribution is 7.17. The summed E-state index contributed by atoms with van der Waals surface area (Å²) in [5, 5.41) is 12.1. The molecule has 104 valence electrons. The van der Waals surface area contributed by atoms with Gasteiger partial charge in [0.1, 0.15) is 10.7 Å². The molecule has 0 amide bonds.